The van der Waals surface area contributed by atoms with Crippen molar-refractivity contribution in [3.05, 3.63) is 33.4 Å². The topological polar surface area (TPSA) is 140 Å². The van der Waals surface area contributed by atoms with Gasteiger partial charge in [0.2, 0.25) is 0 Å². The van der Waals surface area contributed by atoms with Crippen molar-refractivity contribution in [2.45, 2.75) is 0 Å². The Bertz CT molecular complexity index is 622. The average Bonchev–Trinajstić information content (AvgIpc) is 2.46. The SMILES string of the molecule is O=C1OI(O)(O)(OOS(=O)(=O)O)c2ccccc21. The van der Waals surface area contributed by atoms with Crippen LogP contribution < -0.4 is 0 Å². The van der Waals surface area contributed by atoms with Gasteiger partial charge in [-0.3, -0.25) is 0 Å². The van der Waals surface area contributed by atoms with Crippen LogP contribution in [0.4, 0.5) is 0 Å². The van der Waals surface area contributed by atoms with Gasteiger partial charge in [-0.1, -0.05) is 0 Å². The zero-order chi connectivity index (χ0) is 13.6. The molecule has 1 aliphatic rings. The molecule has 0 bridgehead atoms. The van der Waals surface area contributed by atoms with Crippen LogP contribution in [0.15, 0.2) is 24.3 Å². The van der Waals surface area contributed by atoms with Crippen molar-refractivity contribution in [3.8, 4) is 0 Å². The maximum absolute atomic E-state index is 11.4. The summed E-state index contributed by atoms with van der Waals surface area (Å²) in [6, 6.07) is 5.13. The number of halogens is 1. The molecule has 11 heteroatoms. The van der Waals surface area contributed by atoms with E-state index in [9.17, 15) is 20.1 Å². The Morgan fingerprint density at radius 2 is 1.83 bits per heavy atom. The van der Waals surface area contributed by atoms with Crippen molar-refractivity contribution in [1.82, 2.24) is 0 Å². The molecule has 0 atom stereocenters. The van der Waals surface area contributed by atoms with E-state index in [0.717, 1.165) is 6.07 Å². The van der Waals surface area contributed by atoms with Gasteiger partial charge in [-0.2, -0.15) is 0 Å². The molecule has 1 aromatic rings. The third-order valence-electron chi connectivity index (χ3n) is 1.88. The number of carbonyl (C=O) groups excluding carboxylic acids is 1. The fourth-order valence-electron chi connectivity index (χ4n) is 1.24. The Morgan fingerprint density at radius 1 is 1.22 bits per heavy atom. The molecule has 0 unspecified atom stereocenters. The van der Waals surface area contributed by atoms with E-state index in [4.69, 9.17) is 4.55 Å². The molecule has 9 nitrogen and oxygen atoms in total. The first-order chi connectivity index (χ1) is 8.11. The van der Waals surface area contributed by atoms with Gasteiger partial charge in [-0.25, -0.2) is 0 Å². The van der Waals surface area contributed by atoms with Crippen molar-refractivity contribution in [2.75, 3.05) is 0 Å². The minimum absolute atomic E-state index is 0.185. The van der Waals surface area contributed by atoms with Crippen molar-refractivity contribution < 1.29 is 35.3 Å². The van der Waals surface area contributed by atoms with Crippen LogP contribution in [-0.2, 0) is 21.0 Å². The second-order valence-corrected chi connectivity index (χ2v) is 10.3. The van der Waals surface area contributed by atoms with E-state index in [2.05, 4.69) is 10.6 Å². The predicted octanol–water partition coefficient (Wildman–Crippen LogP) is 0.000000000000000167. The Balaban J connectivity index is 2.46. The van der Waals surface area contributed by atoms with Crippen molar-refractivity contribution in [3.63, 3.8) is 0 Å². The Labute approximate surface area is 104 Å². The number of hydrogen-bond donors (Lipinski definition) is 3. The average molecular weight is 394 g/mol. The van der Waals surface area contributed by atoms with E-state index in [1.807, 2.05) is 0 Å². The van der Waals surface area contributed by atoms with Crippen molar-refractivity contribution >= 4 is 35.1 Å². The summed E-state index contributed by atoms with van der Waals surface area (Å²) in [4.78, 5) is 11.4. The molecule has 1 aliphatic heterocycles. The Morgan fingerprint density at radius 3 is 2.44 bits per heavy atom. The molecular formula is C7H7IO9S. The van der Waals surface area contributed by atoms with Gasteiger partial charge in [0.05, 0.1) is 0 Å². The molecule has 0 saturated heterocycles. The van der Waals surface area contributed by atoms with E-state index in [1.54, 1.807) is 0 Å². The van der Waals surface area contributed by atoms with E-state index < -0.39 is 38.6 Å². The molecule has 0 spiro atoms. The molecule has 0 amide bonds. The Hall–Kier alpha value is -0.830. The van der Waals surface area contributed by atoms with Crippen LogP contribution in [-0.4, -0.2) is 25.8 Å². The van der Waals surface area contributed by atoms with Gasteiger partial charge in [0.25, 0.3) is 0 Å². The quantitative estimate of drug-likeness (QED) is 0.280. The van der Waals surface area contributed by atoms with E-state index in [-0.39, 0.29) is 5.56 Å². The van der Waals surface area contributed by atoms with Crippen LogP contribution in [0.5, 0.6) is 0 Å². The zero-order valence-electron chi connectivity index (χ0n) is 8.39. The van der Waals surface area contributed by atoms with Gasteiger partial charge >= 0.3 is 104 Å². The molecule has 0 fully saturated rings. The van der Waals surface area contributed by atoms with Crippen molar-refractivity contribution in [2.24, 2.45) is 0 Å². The number of carbonyl (C=O) groups is 1. The standard InChI is InChI=1S/C7H7IO9S/c9-7-5-3-1-2-4-6(5)8(10,11,15-7)16-17-18(12,13)14/h1-4,10-11H,(H,12,13,14). The molecular weight excluding hydrogens is 387 g/mol. The predicted molar refractivity (Wildman–Crippen MR) is 62.7 cm³/mol. The van der Waals surface area contributed by atoms with E-state index in [0.29, 0.717) is 0 Å². The number of benzene rings is 1. The molecule has 1 aromatic carbocycles. The monoisotopic (exact) mass is 394 g/mol. The van der Waals surface area contributed by atoms with Gasteiger partial charge in [-0.05, 0) is 0 Å². The number of fused-ring (bicyclic) bond motifs is 1. The van der Waals surface area contributed by atoms with Gasteiger partial charge in [0, 0.05) is 0 Å². The van der Waals surface area contributed by atoms with Gasteiger partial charge < -0.3 is 0 Å². The van der Waals surface area contributed by atoms with Crippen LogP contribution in [0.25, 0.3) is 0 Å². The first kappa shape index (κ1) is 13.6. The third-order valence-corrected chi connectivity index (χ3v) is 7.31. The molecule has 0 aromatic heterocycles. The fourth-order valence-corrected chi connectivity index (χ4v) is 6.43. The molecule has 1 heterocycles. The molecule has 18 heavy (non-hydrogen) atoms. The third kappa shape index (κ3) is 2.33. The maximum atomic E-state index is 11.4. The van der Waals surface area contributed by atoms with Gasteiger partial charge in [-0.15, -0.1) is 0 Å². The summed E-state index contributed by atoms with van der Waals surface area (Å²) in [6.07, 6.45) is 0. The minimum atomic E-state index is -6.46. The first-order valence-electron chi connectivity index (χ1n) is 4.17. The van der Waals surface area contributed by atoms with Crippen LogP contribution >= 0.6 is 18.7 Å². The second-order valence-electron chi connectivity index (χ2n) is 3.14. The molecule has 2 rings (SSSR count). The summed E-state index contributed by atoms with van der Waals surface area (Å²) in [5.74, 6) is -1.09. The Kier molecular flexibility index (Phi) is 2.89. The summed E-state index contributed by atoms with van der Waals surface area (Å²) < 4.78 is 60.2. The second kappa shape index (κ2) is 3.83. The van der Waals surface area contributed by atoms with Crippen LogP contribution in [0.2, 0.25) is 0 Å². The number of rotatable bonds is 3. The van der Waals surface area contributed by atoms with Crippen LogP contribution in [0.1, 0.15) is 10.4 Å². The van der Waals surface area contributed by atoms with Crippen LogP contribution in [0, 0.1) is 3.57 Å². The summed E-state index contributed by atoms with van der Waals surface area (Å²) >= 11 is -6.46. The summed E-state index contributed by atoms with van der Waals surface area (Å²) in [6.45, 7) is 0. The van der Waals surface area contributed by atoms with Crippen LogP contribution in [0.3, 0.4) is 0 Å². The molecule has 102 valence electrons. The van der Waals surface area contributed by atoms with Crippen molar-refractivity contribution in [1.29, 1.82) is 0 Å². The van der Waals surface area contributed by atoms with Gasteiger partial charge in [0.1, 0.15) is 0 Å². The molecule has 0 aliphatic carbocycles. The first-order valence-corrected chi connectivity index (χ1v) is 10.3. The molecule has 0 saturated carbocycles. The fraction of sp³-hybridized carbons (Fsp3) is 0. The number of hydrogen-bond acceptors (Lipinski definition) is 8. The molecule has 3 N–H and O–H groups in total. The van der Waals surface area contributed by atoms with E-state index >= 15 is 0 Å². The molecule has 0 radical (unpaired) electrons. The summed E-state index contributed by atoms with van der Waals surface area (Å²) in [5.41, 5.74) is -0.185. The zero-order valence-corrected chi connectivity index (χ0v) is 11.4. The van der Waals surface area contributed by atoms with Gasteiger partial charge in [0.15, 0.2) is 0 Å². The summed E-state index contributed by atoms with van der Waals surface area (Å²) in [7, 11) is -5.09. The summed E-state index contributed by atoms with van der Waals surface area (Å²) in [5, 5.41) is 0. The normalized spacial score (nSPS) is 22.6. The van der Waals surface area contributed by atoms with E-state index in [1.165, 1.54) is 18.2 Å².